The van der Waals surface area contributed by atoms with Crippen molar-refractivity contribution in [1.29, 1.82) is 0 Å². The molecule has 2 aromatic carbocycles. The molecular weight excluding hydrogens is 334 g/mol. The molecule has 0 aliphatic rings. The first-order chi connectivity index (χ1) is 11.3. The first-order valence-electron chi connectivity index (χ1n) is 6.82. The Morgan fingerprint density at radius 1 is 1.08 bits per heavy atom. The molecular formula is C16H15NO6S. The summed E-state index contributed by atoms with van der Waals surface area (Å²) in [7, 11) is -3.39. The second kappa shape index (κ2) is 7.14. The first-order valence-corrected chi connectivity index (χ1v) is 8.71. The fraction of sp³-hybridized carbons (Fsp3) is 0.125. The lowest BCUT2D eigenvalue weighted by Gasteiger charge is -2.07. The Morgan fingerprint density at radius 3 is 2.29 bits per heavy atom. The van der Waals surface area contributed by atoms with E-state index in [1.807, 2.05) is 0 Å². The molecule has 0 heterocycles. The van der Waals surface area contributed by atoms with Gasteiger partial charge in [-0.05, 0) is 36.4 Å². The van der Waals surface area contributed by atoms with Gasteiger partial charge in [0.2, 0.25) is 10.0 Å². The number of ether oxygens (including phenoxy) is 1. The molecule has 2 rings (SSSR count). The van der Waals surface area contributed by atoms with Gasteiger partial charge in [0.1, 0.15) is 11.3 Å². The first kappa shape index (κ1) is 17.5. The number of Topliss-reactive ketones (excluding diaryl/α,β-unsaturated/α-hetero) is 1. The summed E-state index contributed by atoms with van der Waals surface area (Å²) >= 11 is 0. The van der Waals surface area contributed by atoms with Gasteiger partial charge in [0.15, 0.2) is 12.4 Å². The smallest absolute Gasteiger partial charge is 0.342 e. The van der Waals surface area contributed by atoms with Gasteiger partial charge in [-0.1, -0.05) is 12.1 Å². The van der Waals surface area contributed by atoms with E-state index < -0.39 is 28.4 Å². The van der Waals surface area contributed by atoms with Gasteiger partial charge < -0.3 is 9.84 Å². The number of anilines is 1. The summed E-state index contributed by atoms with van der Waals surface area (Å²) in [6, 6.07) is 11.5. The predicted molar refractivity (Wildman–Crippen MR) is 87.6 cm³/mol. The van der Waals surface area contributed by atoms with Crippen molar-refractivity contribution in [1.82, 2.24) is 0 Å². The zero-order valence-electron chi connectivity index (χ0n) is 12.7. The van der Waals surface area contributed by atoms with Gasteiger partial charge in [-0.15, -0.1) is 0 Å². The maximum atomic E-state index is 12.0. The molecule has 0 saturated carbocycles. The number of benzene rings is 2. The number of para-hydroxylation sites is 1. The number of nitrogens with one attached hydrogen (secondary N) is 1. The summed E-state index contributed by atoms with van der Waals surface area (Å²) in [4.78, 5) is 23.8. The van der Waals surface area contributed by atoms with Crippen LogP contribution in [-0.4, -0.2) is 38.1 Å². The third-order valence-electron chi connectivity index (χ3n) is 2.97. The van der Waals surface area contributed by atoms with E-state index in [2.05, 4.69) is 4.72 Å². The van der Waals surface area contributed by atoms with Gasteiger partial charge in [-0.25, -0.2) is 13.2 Å². The van der Waals surface area contributed by atoms with Crippen molar-refractivity contribution in [3.8, 4) is 5.75 Å². The molecule has 0 saturated heterocycles. The van der Waals surface area contributed by atoms with Crippen LogP contribution in [0.4, 0.5) is 5.69 Å². The van der Waals surface area contributed by atoms with Crippen molar-refractivity contribution in [3.63, 3.8) is 0 Å². The molecule has 0 aliphatic carbocycles. The second-order valence-electron chi connectivity index (χ2n) is 4.97. The molecule has 0 radical (unpaired) electrons. The summed E-state index contributed by atoms with van der Waals surface area (Å²) in [5, 5.41) is 9.54. The minimum Gasteiger partial charge on any atom is -0.507 e. The highest BCUT2D eigenvalue weighted by atomic mass is 32.2. The van der Waals surface area contributed by atoms with Crippen LogP contribution in [0, 0.1) is 0 Å². The lowest BCUT2D eigenvalue weighted by atomic mass is 10.1. The standard InChI is InChI=1S/C16H15NO6S/c1-24(21,22)17-12-8-6-11(7-9-12)15(19)10-23-16(20)13-4-2-3-5-14(13)18/h2-9,17-18H,10H2,1H3. The average Bonchev–Trinajstić information content (AvgIpc) is 2.52. The number of esters is 1. The highest BCUT2D eigenvalue weighted by Crippen LogP contribution is 2.17. The molecule has 0 fully saturated rings. The zero-order valence-corrected chi connectivity index (χ0v) is 13.5. The Labute approximate surface area is 138 Å². The van der Waals surface area contributed by atoms with Crippen molar-refractivity contribution < 1.29 is 27.9 Å². The summed E-state index contributed by atoms with van der Waals surface area (Å²) in [6.07, 6.45) is 1.02. The largest absolute Gasteiger partial charge is 0.507 e. The quantitative estimate of drug-likeness (QED) is 0.608. The van der Waals surface area contributed by atoms with Gasteiger partial charge in [0, 0.05) is 11.3 Å². The lowest BCUT2D eigenvalue weighted by molar-refractivity contribution is 0.0472. The SMILES string of the molecule is CS(=O)(=O)Nc1ccc(C(=O)COC(=O)c2ccccc2O)cc1. The van der Waals surface area contributed by atoms with Crippen LogP contribution in [0.25, 0.3) is 0 Å². The highest BCUT2D eigenvalue weighted by Gasteiger charge is 2.14. The summed E-state index contributed by atoms with van der Waals surface area (Å²) in [6.45, 7) is -0.494. The number of hydrogen-bond donors (Lipinski definition) is 2. The highest BCUT2D eigenvalue weighted by molar-refractivity contribution is 7.92. The monoisotopic (exact) mass is 349 g/mol. The van der Waals surface area contributed by atoms with Crippen LogP contribution < -0.4 is 4.72 Å². The number of phenols is 1. The van der Waals surface area contributed by atoms with Crippen LogP contribution in [0.2, 0.25) is 0 Å². The number of phenolic OH excluding ortho intramolecular Hbond substituents is 1. The van der Waals surface area contributed by atoms with Crippen LogP contribution in [0.1, 0.15) is 20.7 Å². The Kier molecular flexibility index (Phi) is 5.20. The molecule has 0 bridgehead atoms. The molecule has 126 valence electrons. The molecule has 0 aliphatic heterocycles. The van der Waals surface area contributed by atoms with E-state index in [1.54, 1.807) is 12.1 Å². The molecule has 0 amide bonds. The number of ketones is 1. The minimum atomic E-state index is -3.39. The third-order valence-corrected chi connectivity index (χ3v) is 3.57. The van der Waals surface area contributed by atoms with Gasteiger partial charge in [0.25, 0.3) is 0 Å². The normalized spacial score (nSPS) is 10.9. The van der Waals surface area contributed by atoms with Crippen molar-refractivity contribution in [2.75, 3.05) is 17.6 Å². The average molecular weight is 349 g/mol. The number of rotatable bonds is 6. The zero-order chi connectivity index (χ0) is 17.7. The van der Waals surface area contributed by atoms with E-state index in [-0.39, 0.29) is 16.9 Å². The molecule has 7 nitrogen and oxygen atoms in total. The van der Waals surface area contributed by atoms with E-state index in [0.717, 1.165) is 6.26 Å². The summed E-state index contributed by atoms with van der Waals surface area (Å²) < 4.78 is 29.4. The van der Waals surface area contributed by atoms with Crippen LogP contribution >= 0.6 is 0 Å². The number of hydrogen-bond acceptors (Lipinski definition) is 6. The summed E-state index contributed by atoms with van der Waals surface area (Å²) in [5.41, 5.74) is 0.553. The molecule has 2 N–H and O–H groups in total. The Morgan fingerprint density at radius 2 is 1.71 bits per heavy atom. The minimum absolute atomic E-state index is 0.0296. The van der Waals surface area contributed by atoms with Crippen molar-refractivity contribution in [2.24, 2.45) is 0 Å². The van der Waals surface area contributed by atoms with Gasteiger partial charge in [-0.2, -0.15) is 0 Å². The van der Waals surface area contributed by atoms with E-state index in [0.29, 0.717) is 5.69 Å². The Bertz CT molecular complexity index is 858. The molecule has 0 unspecified atom stereocenters. The van der Waals surface area contributed by atoms with Crippen LogP contribution in [0.5, 0.6) is 5.75 Å². The molecule has 2 aromatic rings. The van der Waals surface area contributed by atoms with E-state index in [4.69, 9.17) is 4.74 Å². The van der Waals surface area contributed by atoms with Crippen LogP contribution in [0.3, 0.4) is 0 Å². The molecule has 0 spiro atoms. The fourth-order valence-electron chi connectivity index (χ4n) is 1.88. The molecule has 0 aromatic heterocycles. The number of carbonyl (C=O) groups excluding carboxylic acids is 2. The maximum Gasteiger partial charge on any atom is 0.342 e. The van der Waals surface area contributed by atoms with Crippen molar-refractivity contribution in [2.45, 2.75) is 0 Å². The third kappa shape index (κ3) is 4.82. The second-order valence-corrected chi connectivity index (χ2v) is 6.72. The van der Waals surface area contributed by atoms with Crippen molar-refractivity contribution >= 4 is 27.5 Å². The summed E-state index contributed by atoms with van der Waals surface area (Å²) in [5.74, 6) is -1.49. The maximum absolute atomic E-state index is 12.0. The lowest BCUT2D eigenvalue weighted by Crippen LogP contribution is -2.14. The Balaban J connectivity index is 1.98. The van der Waals surface area contributed by atoms with Gasteiger partial charge in [0.05, 0.1) is 6.26 Å². The van der Waals surface area contributed by atoms with Crippen molar-refractivity contribution in [3.05, 3.63) is 59.7 Å². The number of sulfonamides is 1. The predicted octanol–water partition coefficient (Wildman–Crippen LogP) is 1.80. The number of aromatic hydroxyl groups is 1. The van der Waals surface area contributed by atoms with Gasteiger partial charge in [-0.3, -0.25) is 9.52 Å². The van der Waals surface area contributed by atoms with Crippen LogP contribution in [-0.2, 0) is 14.8 Å². The molecule has 24 heavy (non-hydrogen) atoms. The number of carbonyl (C=O) groups is 2. The fourth-order valence-corrected chi connectivity index (χ4v) is 2.44. The van der Waals surface area contributed by atoms with E-state index in [9.17, 15) is 23.1 Å². The van der Waals surface area contributed by atoms with Crippen LogP contribution in [0.15, 0.2) is 48.5 Å². The Hall–Kier alpha value is -2.87. The molecule has 0 atom stereocenters. The van der Waals surface area contributed by atoms with Gasteiger partial charge >= 0.3 is 5.97 Å². The molecule has 8 heteroatoms. The topological polar surface area (TPSA) is 110 Å². The van der Waals surface area contributed by atoms with E-state index in [1.165, 1.54) is 36.4 Å². The van der Waals surface area contributed by atoms with E-state index >= 15 is 0 Å².